The van der Waals surface area contributed by atoms with E-state index in [1.54, 1.807) is 0 Å². The third-order valence-electron chi connectivity index (χ3n) is 2.24. The zero-order valence-electron chi connectivity index (χ0n) is 8.78. The molecule has 1 unspecified atom stereocenters. The topological polar surface area (TPSA) is 0 Å². The molecule has 0 spiro atoms. The minimum absolute atomic E-state index is 0.761. The molecule has 0 heterocycles. The van der Waals surface area contributed by atoms with Crippen LogP contribution < -0.4 is 0 Å². The first kappa shape index (κ1) is 12.5. The fraction of sp³-hybridized carbons (Fsp3) is 1.00. The van der Waals surface area contributed by atoms with Gasteiger partial charge in [0.15, 0.2) is 0 Å². The summed E-state index contributed by atoms with van der Waals surface area (Å²) in [6.45, 7) is 6.85. The average Bonchev–Trinajstić information content (AvgIpc) is 2.03. The molecule has 0 aliphatic rings. The lowest BCUT2D eigenvalue weighted by atomic mass is 10.0. The van der Waals surface area contributed by atoms with E-state index in [9.17, 15) is 0 Å². The molecule has 1 atom stereocenters. The second kappa shape index (κ2) is 8.10. The number of rotatable bonds is 7. The Labute approximate surface area is 86.3 Å². The second-order valence-electron chi connectivity index (χ2n) is 4.04. The van der Waals surface area contributed by atoms with E-state index in [0.717, 1.165) is 10.7 Å². The van der Waals surface area contributed by atoms with E-state index in [4.69, 9.17) is 0 Å². The quantitative estimate of drug-likeness (QED) is 0.440. The summed E-state index contributed by atoms with van der Waals surface area (Å²) < 4.78 is 0. The Bertz CT molecular complexity index is 89.0. The zero-order valence-corrected chi connectivity index (χ0v) is 10.4. The summed E-state index contributed by atoms with van der Waals surface area (Å²) >= 11 is 3.66. The lowest BCUT2D eigenvalue weighted by Gasteiger charge is -2.06. The second-order valence-corrected chi connectivity index (χ2v) is 5.33. The number of halogens is 1. The van der Waals surface area contributed by atoms with Crippen molar-refractivity contribution in [2.45, 2.75) is 64.1 Å². The average molecular weight is 235 g/mol. The number of hydrogen-bond acceptors (Lipinski definition) is 0. The SMILES string of the molecule is CCC(Br)CCCCCC(C)C. The maximum Gasteiger partial charge on any atom is 0.0143 e. The highest BCUT2D eigenvalue weighted by molar-refractivity contribution is 9.09. The van der Waals surface area contributed by atoms with Crippen LogP contribution in [0.1, 0.15) is 59.3 Å². The van der Waals surface area contributed by atoms with E-state index in [0.29, 0.717) is 0 Å². The van der Waals surface area contributed by atoms with Crippen LogP contribution in [0.2, 0.25) is 0 Å². The Kier molecular flexibility index (Phi) is 8.42. The lowest BCUT2D eigenvalue weighted by molar-refractivity contribution is 0.517. The van der Waals surface area contributed by atoms with Crippen LogP contribution in [0.5, 0.6) is 0 Å². The van der Waals surface area contributed by atoms with Crippen LogP contribution in [0, 0.1) is 5.92 Å². The third kappa shape index (κ3) is 8.58. The van der Waals surface area contributed by atoms with E-state index < -0.39 is 0 Å². The Hall–Kier alpha value is 0.480. The summed E-state index contributed by atoms with van der Waals surface area (Å²) in [6.07, 6.45) is 8.26. The first-order chi connectivity index (χ1) is 5.66. The van der Waals surface area contributed by atoms with Crippen LogP contribution in [0.3, 0.4) is 0 Å². The molecule has 0 radical (unpaired) electrons. The van der Waals surface area contributed by atoms with Crippen molar-refractivity contribution in [2.24, 2.45) is 5.92 Å². The van der Waals surface area contributed by atoms with Gasteiger partial charge in [0.2, 0.25) is 0 Å². The van der Waals surface area contributed by atoms with Crippen LogP contribution in [0.25, 0.3) is 0 Å². The summed E-state index contributed by atoms with van der Waals surface area (Å²) in [5.41, 5.74) is 0. The summed E-state index contributed by atoms with van der Waals surface area (Å²) in [5.74, 6) is 0.885. The van der Waals surface area contributed by atoms with Gasteiger partial charge < -0.3 is 0 Å². The fourth-order valence-electron chi connectivity index (χ4n) is 1.30. The van der Waals surface area contributed by atoms with E-state index >= 15 is 0 Å². The Morgan fingerprint density at radius 1 is 1.00 bits per heavy atom. The lowest BCUT2D eigenvalue weighted by Crippen LogP contribution is -1.95. The molecule has 0 N–H and O–H groups in total. The molecule has 0 aromatic carbocycles. The van der Waals surface area contributed by atoms with E-state index in [2.05, 4.69) is 36.7 Å². The molecule has 0 aliphatic carbocycles. The van der Waals surface area contributed by atoms with Gasteiger partial charge in [-0.1, -0.05) is 62.4 Å². The van der Waals surface area contributed by atoms with Crippen molar-refractivity contribution < 1.29 is 0 Å². The van der Waals surface area contributed by atoms with Gasteiger partial charge in [-0.25, -0.2) is 0 Å². The van der Waals surface area contributed by atoms with Crippen LogP contribution in [0.15, 0.2) is 0 Å². The van der Waals surface area contributed by atoms with Crippen LogP contribution in [0.4, 0.5) is 0 Å². The molecule has 1 heteroatoms. The Morgan fingerprint density at radius 3 is 2.08 bits per heavy atom. The first-order valence-corrected chi connectivity index (χ1v) is 6.22. The predicted molar refractivity (Wildman–Crippen MR) is 60.9 cm³/mol. The Morgan fingerprint density at radius 2 is 1.58 bits per heavy atom. The highest BCUT2D eigenvalue weighted by Crippen LogP contribution is 2.15. The van der Waals surface area contributed by atoms with Crippen molar-refractivity contribution in [1.82, 2.24) is 0 Å². The van der Waals surface area contributed by atoms with E-state index in [1.807, 2.05) is 0 Å². The molecule has 0 aromatic rings. The van der Waals surface area contributed by atoms with Gasteiger partial charge in [-0.05, 0) is 18.8 Å². The van der Waals surface area contributed by atoms with Gasteiger partial charge in [0.05, 0.1) is 0 Å². The minimum atomic E-state index is 0.761. The Balaban J connectivity index is 3.00. The first-order valence-electron chi connectivity index (χ1n) is 5.30. The monoisotopic (exact) mass is 234 g/mol. The van der Waals surface area contributed by atoms with Gasteiger partial charge in [-0.2, -0.15) is 0 Å². The summed E-state index contributed by atoms with van der Waals surface area (Å²) in [6, 6.07) is 0. The summed E-state index contributed by atoms with van der Waals surface area (Å²) in [5, 5.41) is 0. The van der Waals surface area contributed by atoms with Crippen LogP contribution in [-0.2, 0) is 0 Å². The normalized spacial score (nSPS) is 13.8. The number of hydrogen-bond donors (Lipinski definition) is 0. The fourth-order valence-corrected chi connectivity index (χ4v) is 1.62. The van der Waals surface area contributed by atoms with Crippen molar-refractivity contribution in [3.63, 3.8) is 0 Å². The molecule has 0 saturated carbocycles. The summed E-state index contributed by atoms with van der Waals surface area (Å²) in [7, 11) is 0. The van der Waals surface area contributed by atoms with Crippen LogP contribution >= 0.6 is 15.9 Å². The van der Waals surface area contributed by atoms with Gasteiger partial charge in [0.25, 0.3) is 0 Å². The van der Waals surface area contributed by atoms with Gasteiger partial charge in [0, 0.05) is 4.83 Å². The molecule has 0 nitrogen and oxygen atoms in total. The maximum absolute atomic E-state index is 3.66. The number of alkyl halides is 1. The summed E-state index contributed by atoms with van der Waals surface area (Å²) in [4.78, 5) is 0.761. The molecule has 0 bridgehead atoms. The van der Waals surface area contributed by atoms with Crippen molar-refractivity contribution in [1.29, 1.82) is 0 Å². The van der Waals surface area contributed by atoms with Gasteiger partial charge in [-0.15, -0.1) is 0 Å². The molecular formula is C11H23Br. The molecule has 0 rings (SSSR count). The number of unbranched alkanes of at least 4 members (excludes halogenated alkanes) is 2. The van der Waals surface area contributed by atoms with Crippen molar-refractivity contribution in [3.8, 4) is 0 Å². The zero-order chi connectivity index (χ0) is 9.40. The van der Waals surface area contributed by atoms with E-state index in [-0.39, 0.29) is 0 Å². The molecule has 0 amide bonds. The molecule has 12 heavy (non-hydrogen) atoms. The molecule has 0 aliphatic heterocycles. The standard InChI is InChI=1S/C11H23Br/c1-4-11(12)9-7-5-6-8-10(2)3/h10-11H,4-9H2,1-3H3. The minimum Gasteiger partial charge on any atom is -0.0891 e. The van der Waals surface area contributed by atoms with Crippen molar-refractivity contribution in [2.75, 3.05) is 0 Å². The third-order valence-corrected chi connectivity index (χ3v) is 3.35. The highest BCUT2D eigenvalue weighted by Gasteiger charge is 2.00. The molecular weight excluding hydrogens is 212 g/mol. The predicted octanol–water partition coefficient (Wildman–Crippen LogP) is 4.77. The van der Waals surface area contributed by atoms with Crippen molar-refractivity contribution in [3.05, 3.63) is 0 Å². The molecule has 74 valence electrons. The van der Waals surface area contributed by atoms with Gasteiger partial charge in [-0.3, -0.25) is 0 Å². The molecule has 0 aromatic heterocycles. The van der Waals surface area contributed by atoms with Gasteiger partial charge >= 0.3 is 0 Å². The van der Waals surface area contributed by atoms with E-state index in [1.165, 1.54) is 38.5 Å². The largest absolute Gasteiger partial charge is 0.0891 e. The van der Waals surface area contributed by atoms with Crippen molar-refractivity contribution >= 4 is 15.9 Å². The van der Waals surface area contributed by atoms with Crippen LogP contribution in [-0.4, -0.2) is 4.83 Å². The smallest absolute Gasteiger partial charge is 0.0143 e. The molecule has 0 saturated heterocycles. The maximum atomic E-state index is 3.66. The molecule has 0 fully saturated rings. The van der Waals surface area contributed by atoms with Gasteiger partial charge in [0.1, 0.15) is 0 Å². The highest BCUT2D eigenvalue weighted by atomic mass is 79.9.